The highest BCUT2D eigenvalue weighted by Crippen LogP contribution is 2.23. The van der Waals surface area contributed by atoms with Crippen LogP contribution >= 0.6 is 0 Å². The fourth-order valence-corrected chi connectivity index (χ4v) is 2.58. The minimum absolute atomic E-state index is 0.0101. The van der Waals surface area contributed by atoms with Crippen molar-refractivity contribution in [3.63, 3.8) is 0 Å². The number of nitrogens with two attached hydrogens (primary N) is 1. The standard InChI is InChI=1S/C14H19N7O/c1-2-16-14(22)21-7-5-20(6-8-21)13-10-3-4-11(15)19-12(10)17-9-18-13/h3-4,9H,2,5-8H2,1H3,(H,16,22)(H2,15,17,18,19). The van der Waals surface area contributed by atoms with Crippen LogP contribution in [0.4, 0.5) is 16.4 Å². The molecule has 8 heteroatoms. The van der Waals surface area contributed by atoms with Gasteiger partial charge in [-0.3, -0.25) is 0 Å². The van der Waals surface area contributed by atoms with Crippen molar-refractivity contribution in [3.05, 3.63) is 18.5 Å². The number of nitrogen functional groups attached to an aromatic ring is 1. The van der Waals surface area contributed by atoms with Crippen LogP contribution in [0.3, 0.4) is 0 Å². The number of piperazine rings is 1. The maximum absolute atomic E-state index is 11.8. The van der Waals surface area contributed by atoms with Gasteiger partial charge >= 0.3 is 6.03 Å². The number of pyridine rings is 1. The lowest BCUT2D eigenvalue weighted by Crippen LogP contribution is -2.52. The van der Waals surface area contributed by atoms with Gasteiger partial charge in [0, 0.05) is 32.7 Å². The van der Waals surface area contributed by atoms with Crippen molar-refractivity contribution >= 4 is 28.7 Å². The first-order chi connectivity index (χ1) is 10.7. The normalized spacial score (nSPS) is 15.1. The molecule has 2 amide bonds. The third kappa shape index (κ3) is 2.72. The topological polar surface area (TPSA) is 100 Å². The smallest absolute Gasteiger partial charge is 0.317 e. The quantitative estimate of drug-likeness (QED) is 0.836. The Bertz CT molecular complexity index is 682. The number of carbonyl (C=O) groups is 1. The SMILES string of the molecule is CCNC(=O)N1CCN(c2ncnc3nc(N)ccc23)CC1. The van der Waals surface area contributed by atoms with Crippen molar-refractivity contribution in [3.8, 4) is 0 Å². The van der Waals surface area contributed by atoms with E-state index in [1.165, 1.54) is 6.33 Å². The summed E-state index contributed by atoms with van der Waals surface area (Å²) in [4.78, 5) is 28.6. The van der Waals surface area contributed by atoms with Crippen LogP contribution in [0.2, 0.25) is 0 Å². The predicted molar refractivity (Wildman–Crippen MR) is 84.6 cm³/mol. The summed E-state index contributed by atoms with van der Waals surface area (Å²) in [5, 5.41) is 3.70. The van der Waals surface area contributed by atoms with E-state index in [0.29, 0.717) is 31.1 Å². The number of urea groups is 1. The second kappa shape index (κ2) is 6.00. The third-order valence-corrected chi connectivity index (χ3v) is 3.69. The number of aromatic nitrogens is 3. The van der Waals surface area contributed by atoms with E-state index in [0.717, 1.165) is 24.3 Å². The van der Waals surface area contributed by atoms with Crippen LogP contribution in [0, 0.1) is 0 Å². The molecule has 8 nitrogen and oxygen atoms in total. The molecule has 2 aromatic rings. The lowest BCUT2D eigenvalue weighted by Gasteiger charge is -2.35. The molecule has 1 aliphatic heterocycles. The minimum Gasteiger partial charge on any atom is -0.384 e. The van der Waals surface area contributed by atoms with Crippen molar-refractivity contribution in [2.75, 3.05) is 43.4 Å². The van der Waals surface area contributed by atoms with Crippen LogP contribution < -0.4 is 16.0 Å². The van der Waals surface area contributed by atoms with E-state index in [4.69, 9.17) is 5.73 Å². The number of hydrogen-bond acceptors (Lipinski definition) is 6. The maximum atomic E-state index is 11.8. The largest absolute Gasteiger partial charge is 0.384 e. The van der Waals surface area contributed by atoms with Gasteiger partial charge < -0.3 is 20.9 Å². The highest BCUT2D eigenvalue weighted by atomic mass is 16.2. The van der Waals surface area contributed by atoms with Crippen molar-refractivity contribution in [2.24, 2.45) is 0 Å². The van der Waals surface area contributed by atoms with Crippen molar-refractivity contribution in [2.45, 2.75) is 6.92 Å². The maximum Gasteiger partial charge on any atom is 0.317 e. The molecule has 3 heterocycles. The zero-order valence-electron chi connectivity index (χ0n) is 12.5. The number of carbonyl (C=O) groups excluding carboxylic acids is 1. The van der Waals surface area contributed by atoms with Crippen molar-refractivity contribution < 1.29 is 4.79 Å². The van der Waals surface area contributed by atoms with E-state index in [2.05, 4.69) is 25.2 Å². The second-order valence-corrected chi connectivity index (χ2v) is 5.11. The number of rotatable bonds is 2. The number of fused-ring (bicyclic) bond motifs is 1. The Morgan fingerprint density at radius 1 is 1.27 bits per heavy atom. The van der Waals surface area contributed by atoms with Gasteiger partial charge in [-0.2, -0.15) is 0 Å². The molecule has 0 atom stereocenters. The highest BCUT2D eigenvalue weighted by Gasteiger charge is 2.22. The number of nitrogens with one attached hydrogen (secondary N) is 1. The summed E-state index contributed by atoms with van der Waals surface area (Å²) in [5.74, 6) is 1.28. The monoisotopic (exact) mass is 301 g/mol. The Morgan fingerprint density at radius 2 is 2.05 bits per heavy atom. The van der Waals surface area contributed by atoms with E-state index < -0.39 is 0 Å². The van der Waals surface area contributed by atoms with Gasteiger partial charge in [-0.1, -0.05) is 0 Å². The summed E-state index contributed by atoms with van der Waals surface area (Å²) < 4.78 is 0. The first-order valence-corrected chi connectivity index (χ1v) is 7.34. The third-order valence-electron chi connectivity index (χ3n) is 3.69. The average Bonchev–Trinajstić information content (AvgIpc) is 2.54. The Balaban J connectivity index is 1.78. The van der Waals surface area contributed by atoms with Crippen LogP contribution in [-0.4, -0.2) is 58.6 Å². The molecule has 0 unspecified atom stereocenters. The molecular formula is C14H19N7O. The zero-order valence-corrected chi connectivity index (χ0v) is 12.5. The molecule has 22 heavy (non-hydrogen) atoms. The van der Waals surface area contributed by atoms with Crippen LogP contribution in [-0.2, 0) is 0 Å². The summed E-state index contributed by atoms with van der Waals surface area (Å²) in [6.07, 6.45) is 1.50. The van der Waals surface area contributed by atoms with Gasteiger partial charge in [-0.15, -0.1) is 0 Å². The summed E-state index contributed by atoms with van der Waals surface area (Å²) in [6, 6.07) is 3.63. The molecule has 0 spiro atoms. The first kappa shape index (κ1) is 14.3. The molecule has 1 saturated heterocycles. The molecule has 0 aromatic carbocycles. The van der Waals surface area contributed by atoms with Gasteiger partial charge in [0.25, 0.3) is 0 Å². The van der Waals surface area contributed by atoms with E-state index in [1.807, 2.05) is 17.9 Å². The van der Waals surface area contributed by atoms with Crippen LogP contribution in [0.5, 0.6) is 0 Å². The van der Waals surface area contributed by atoms with Crippen molar-refractivity contribution in [1.82, 2.24) is 25.2 Å². The second-order valence-electron chi connectivity index (χ2n) is 5.11. The summed E-state index contributed by atoms with van der Waals surface area (Å²) in [5.41, 5.74) is 6.29. The highest BCUT2D eigenvalue weighted by molar-refractivity contribution is 5.87. The molecule has 2 aromatic heterocycles. The van der Waals surface area contributed by atoms with E-state index in [1.54, 1.807) is 6.07 Å². The number of anilines is 2. The van der Waals surface area contributed by atoms with Gasteiger partial charge in [0.15, 0.2) is 5.65 Å². The molecule has 3 rings (SSSR count). The summed E-state index contributed by atoms with van der Waals surface area (Å²) in [6.45, 7) is 5.35. The molecule has 1 aliphatic rings. The lowest BCUT2D eigenvalue weighted by atomic mass is 10.2. The van der Waals surface area contributed by atoms with E-state index in [9.17, 15) is 4.79 Å². The lowest BCUT2D eigenvalue weighted by molar-refractivity contribution is 0.195. The van der Waals surface area contributed by atoms with Gasteiger partial charge in [0.2, 0.25) is 0 Å². The van der Waals surface area contributed by atoms with E-state index in [-0.39, 0.29) is 6.03 Å². The molecule has 1 fully saturated rings. The fourth-order valence-electron chi connectivity index (χ4n) is 2.58. The molecular weight excluding hydrogens is 282 g/mol. The van der Waals surface area contributed by atoms with Crippen LogP contribution in [0.15, 0.2) is 18.5 Å². The minimum atomic E-state index is -0.0101. The fraction of sp³-hybridized carbons (Fsp3) is 0.429. The Morgan fingerprint density at radius 3 is 2.77 bits per heavy atom. The summed E-state index contributed by atoms with van der Waals surface area (Å²) >= 11 is 0. The predicted octanol–water partition coefficient (Wildman–Crippen LogP) is 0.459. The molecule has 0 bridgehead atoms. The van der Waals surface area contributed by atoms with E-state index >= 15 is 0 Å². The molecule has 0 saturated carbocycles. The molecule has 116 valence electrons. The van der Waals surface area contributed by atoms with Gasteiger partial charge in [-0.25, -0.2) is 19.7 Å². The first-order valence-electron chi connectivity index (χ1n) is 7.34. The Kier molecular flexibility index (Phi) is 3.90. The van der Waals surface area contributed by atoms with Gasteiger partial charge in [0.05, 0.1) is 5.39 Å². The zero-order chi connectivity index (χ0) is 15.5. The average molecular weight is 301 g/mol. The molecule has 3 N–H and O–H groups in total. The Labute approximate surface area is 128 Å². The number of amides is 2. The number of nitrogens with zero attached hydrogens (tertiary/aromatic N) is 5. The molecule has 0 aliphatic carbocycles. The van der Waals surface area contributed by atoms with Gasteiger partial charge in [0.1, 0.15) is 18.0 Å². The van der Waals surface area contributed by atoms with Crippen LogP contribution in [0.1, 0.15) is 6.92 Å². The van der Waals surface area contributed by atoms with Crippen LogP contribution in [0.25, 0.3) is 11.0 Å². The van der Waals surface area contributed by atoms with Gasteiger partial charge in [-0.05, 0) is 19.1 Å². The van der Waals surface area contributed by atoms with Crippen molar-refractivity contribution in [1.29, 1.82) is 0 Å². The number of hydrogen-bond donors (Lipinski definition) is 2. The Hall–Kier alpha value is -2.64. The summed E-state index contributed by atoms with van der Waals surface area (Å²) in [7, 11) is 0. The molecule has 0 radical (unpaired) electrons.